The van der Waals surface area contributed by atoms with Crippen molar-refractivity contribution >= 4 is 0 Å². The Hall–Kier alpha value is -1.28. The molecule has 1 unspecified atom stereocenters. The number of benzene rings is 1. The summed E-state index contributed by atoms with van der Waals surface area (Å²) in [5.41, 5.74) is 9.02. The van der Waals surface area contributed by atoms with Crippen molar-refractivity contribution in [3.8, 4) is 0 Å². The van der Waals surface area contributed by atoms with E-state index in [2.05, 4.69) is 48.1 Å². The molecule has 110 valence electrons. The van der Waals surface area contributed by atoms with E-state index in [-0.39, 0.29) is 0 Å². The van der Waals surface area contributed by atoms with Gasteiger partial charge in [-0.25, -0.2) is 5.43 Å². The second-order valence-electron chi connectivity index (χ2n) is 5.74. The van der Waals surface area contributed by atoms with E-state index < -0.39 is 0 Å². The number of aryl methyl sites for hydroxylation is 1. The average Bonchev–Trinajstić information content (AvgIpc) is 3.01. The van der Waals surface area contributed by atoms with Crippen LogP contribution in [0, 0.1) is 0 Å². The van der Waals surface area contributed by atoms with Gasteiger partial charge in [-0.1, -0.05) is 69.7 Å². The van der Waals surface area contributed by atoms with Crippen LogP contribution in [-0.2, 0) is 6.42 Å². The zero-order valence-electron chi connectivity index (χ0n) is 12.7. The van der Waals surface area contributed by atoms with E-state index in [4.69, 9.17) is 0 Å². The molecule has 2 heteroatoms. The fourth-order valence-electron chi connectivity index (χ4n) is 2.70. The Bertz CT molecular complexity index is 394. The summed E-state index contributed by atoms with van der Waals surface area (Å²) in [6, 6.07) is 9.36. The summed E-state index contributed by atoms with van der Waals surface area (Å²) in [7, 11) is 0. The van der Waals surface area contributed by atoms with Gasteiger partial charge in [-0.2, -0.15) is 0 Å². The molecule has 0 saturated carbocycles. The predicted molar refractivity (Wildman–Crippen MR) is 86.3 cm³/mol. The van der Waals surface area contributed by atoms with Gasteiger partial charge in [0.2, 0.25) is 0 Å². The van der Waals surface area contributed by atoms with Crippen LogP contribution in [0.2, 0.25) is 0 Å². The summed E-state index contributed by atoms with van der Waals surface area (Å²) < 4.78 is 0. The molecular weight excluding hydrogens is 244 g/mol. The van der Waals surface area contributed by atoms with E-state index in [1.54, 1.807) is 0 Å². The van der Waals surface area contributed by atoms with Gasteiger partial charge in [0, 0.05) is 6.20 Å². The van der Waals surface area contributed by atoms with E-state index in [0.29, 0.717) is 6.04 Å². The molecule has 0 spiro atoms. The van der Waals surface area contributed by atoms with Crippen molar-refractivity contribution in [2.45, 2.75) is 64.3 Å². The largest absolute Gasteiger partial charge is 0.328 e. The van der Waals surface area contributed by atoms with Gasteiger partial charge in [-0.05, 0) is 30.0 Å². The van der Waals surface area contributed by atoms with Crippen LogP contribution in [0.25, 0.3) is 0 Å². The number of unbranched alkanes of at least 4 members (excludes halogenated alkanes) is 6. The lowest BCUT2D eigenvalue weighted by atomic mass is 10.0. The molecule has 0 fully saturated rings. The first-order valence-electron chi connectivity index (χ1n) is 8.16. The SMILES string of the molecule is CCCCCCCCCc1ccc(C2C=CNN2)cc1. The van der Waals surface area contributed by atoms with Gasteiger partial charge in [0.25, 0.3) is 0 Å². The van der Waals surface area contributed by atoms with Gasteiger partial charge in [0.05, 0.1) is 6.04 Å². The molecule has 2 nitrogen and oxygen atoms in total. The average molecular weight is 272 g/mol. The van der Waals surface area contributed by atoms with Crippen molar-refractivity contribution in [2.75, 3.05) is 0 Å². The van der Waals surface area contributed by atoms with Crippen LogP contribution in [0.3, 0.4) is 0 Å². The maximum atomic E-state index is 3.21. The third-order valence-corrected chi connectivity index (χ3v) is 4.02. The zero-order valence-corrected chi connectivity index (χ0v) is 12.7. The Labute approximate surface area is 123 Å². The zero-order chi connectivity index (χ0) is 14.0. The van der Waals surface area contributed by atoms with Crippen molar-refractivity contribution in [2.24, 2.45) is 0 Å². The summed E-state index contributed by atoms with van der Waals surface area (Å²) in [5, 5.41) is 0. The van der Waals surface area contributed by atoms with Crippen LogP contribution < -0.4 is 10.9 Å². The molecule has 1 aromatic carbocycles. The van der Waals surface area contributed by atoms with Crippen molar-refractivity contribution in [1.82, 2.24) is 10.9 Å². The Morgan fingerprint density at radius 3 is 2.25 bits per heavy atom. The molecule has 0 aliphatic carbocycles. The quantitative estimate of drug-likeness (QED) is 0.640. The highest BCUT2D eigenvalue weighted by Gasteiger charge is 2.09. The van der Waals surface area contributed by atoms with Crippen LogP contribution in [-0.4, -0.2) is 0 Å². The van der Waals surface area contributed by atoms with Gasteiger partial charge in [-0.3, -0.25) is 0 Å². The Morgan fingerprint density at radius 2 is 1.60 bits per heavy atom. The van der Waals surface area contributed by atoms with Gasteiger partial charge in [0.1, 0.15) is 0 Å². The number of nitrogens with one attached hydrogen (secondary N) is 2. The third-order valence-electron chi connectivity index (χ3n) is 4.02. The summed E-state index contributed by atoms with van der Waals surface area (Å²) in [5.74, 6) is 0. The molecule has 2 rings (SSSR count). The van der Waals surface area contributed by atoms with E-state index in [1.165, 1.54) is 62.5 Å². The van der Waals surface area contributed by atoms with Crippen LogP contribution in [0.5, 0.6) is 0 Å². The van der Waals surface area contributed by atoms with Gasteiger partial charge < -0.3 is 5.43 Å². The van der Waals surface area contributed by atoms with E-state index >= 15 is 0 Å². The molecule has 0 bridgehead atoms. The smallest absolute Gasteiger partial charge is 0.0707 e. The minimum atomic E-state index is 0.322. The van der Waals surface area contributed by atoms with Gasteiger partial charge in [0.15, 0.2) is 0 Å². The van der Waals surface area contributed by atoms with Gasteiger partial charge in [-0.15, -0.1) is 0 Å². The molecule has 0 amide bonds. The summed E-state index contributed by atoms with van der Waals surface area (Å²) in [6.45, 7) is 2.27. The first-order chi connectivity index (χ1) is 9.90. The molecule has 0 radical (unpaired) electrons. The third kappa shape index (κ3) is 5.01. The Kier molecular flexibility index (Phi) is 6.65. The maximum Gasteiger partial charge on any atom is 0.0707 e. The van der Waals surface area contributed by atoms with E-state index in [9.17, 15) is 0 Å². The lowest BCUT2D eigenvalue weighted by Crippen LogP contribution is -2.24. The standard InChI is InChI=1S/C18H28N2/c1-2-3-4-5-6-7-8-9-16-10-12-17(13-11-16)18-14-15-19-20-18/h10-15,18-20H,2-9H2,1H3. The Morgan fingerprint density at radius 1 is 0.900 bits per heavy atom. The summed E-state index contributed by atoms with van der Waals surface area (Å²) in [4.78, 5) is 0. The number of hydrazine groups is 1. The summed E-state index contributed by atoms with van der Waals surface area (Å²) in [6.07, 6.45) is 15.0. The molecular formula is C18H28N2. The molecule has 0 aromatic heterocycles. The van der Waals surface area contributed by atoms with E-state index in [0.717, 1.165) is 0 Å². The van der Waals surface area contributed by atoms with Crippen molar-refractivity contribution in [1.29, 1.82) is 0 Å². The van der Waals surface area contributed by atoms with Gasteiger partial charge >= 0.3 is 0 Å². The topological polar surface area (TPSA) is 24.1 Å². The fourth-order valence-corrected chi connectivity index (χ4v) is 2.70. The summed E-state index contributed by atoms with van der Waals surface area (Å²) >= 11 is 0. The first-order valence-corrected chi connectivity index (χ1v) is 8.16. The first kappa shape index (κ1) is 15.1. The lowest BCUT2D eigenvalue weighted by Gasteiger charge is -2.10. The Balaban J connectivity index is 1.62. The monoisotopic (exact) mass is 272 g/mol. The van der Waals surface area contributed by atoms with E-state index in [1.807, 2.05) is 6.20 Å². The highest BCUT2D eigenvalue weighted by atomic mass is 15.4. The van der Waals surface area contributed by atoms with Crippen LogP contribution in [0.4, 0.5) is 0 Å². The number of rotatable bonds is 9. The molecule has 1 aliphatic heterocycles. The van der Waals surface area contributed by atoms with Crippen molar-refractivity contribution in [3.05, 3.63) is 47.7 Å². The van der Waals surface area contributed by atoms with Crippen LogP contribution in [0.15, 0.2) is 36.5 Å². The molecule has 2 N–H and O–H groups in total. The second-order valence-corrected chi connectivity index (χ2v) is 5.74. The molecule has 1 heterocycles. The molecule has 1 aromatic rings. The van der Waals surface area contributed by atoms with Crippen LogP contribution in [0.1, 0.15) is 69.0 Å². The number of hydrogen-bond acceptors (Lipinski definition) is 2. The second kappa shape index (κ2) is 8.80. The maximum absolute atomic E-state index is 3.21. The normalized spacial score (nSPS) is 17.4. The number of hydrogen-bond donors (Lipinski definition) is 2. The molecule has 1 atom stereocenters. The van der Waals surface area contributed by atoms with Crippen molar-refractivity contribution < 1.29 is 0 Å². The fraction of sp³-hybridized carbons (Fsp3) is 0.556. The minimum absolute atomic E-state index is 0.322. The minimum Gasteiger partial charge on any atom is -0.328 e. The predicted octanol–water partition coefficient (Wildman–Crippen LogP) is 4.64. The molecule has 1 aliphatic rings. The van der Waals surface area contributed by atoms with Crippen molar-refractivity contribution in [3.63, 3.8) is 0 Å². The highest BCUT2D eigenvalue weighted by molar-refractivity contribution is 5.28. The van der Waals surface area contributed by atoms with Crippen LogP contribution >= 0.6 is 0 Å². The molecule has 20 heavy (non-hydrogen) atoms. The molecule has 0 saturated heterocycles. The highest BCUT2D eigenvalue weighted by Crippen LogP contribution is 2.18. The lowest BCUT2D eigenvalue weighted by molar-refractivity contribution is 0.589.